The third-order valence-corrected chi connectivity index (χ3v) is 2.19. The molecule has 15 heavy (non-hydrogen) atoms. The summed E-state index contributed by atoms with van der Waals surface area (Å²) in [5.74, 6) is -1.04. The van der Waals surface area contributed by atoms with Crippen molar-refractivity contribution in [1.29, 1.82) is 0 Å². The zero-order chi connectivity index (χ0) is 11.6. The molecule has 0 aliphatic heterocycles. The Labute approximate surface area is 90.4 Å². The Morgan fingerprint density at radius 3 is 2.40 bits per heavy atom. The third kappa shape index (κ3) is 2.68. The fraction of sp³-hybridized carbons (Fsp3) is 0.125. The van der Waals surface area contributed by atoms with Crippen molar-refractivity contribution < 1.29 is 22.4 Å². The van der Waals surface area contributed by atoms with Crippen LogP contribution in [0.4, 0.5) is 23.2 Å². The number of alkyl halides is 3. The van der Waals surface area contributed by atoms with E-state index in [9.17, 15) is 22.4 Å². The van der Waals surface area contributed by atoms with Crippen LogP contribution in [0.2, 0.25) is 0 Å². The second-order valence-corrected chi connectivity index (χ2v) is 3.42. The summed E-state index contributed by atoms with van der Waals surface area (Å²) in [6.45, 7) is 0. The molecule has 1 rings (SSSR count). The highest BCUT2D eigenvalue weighted by Gasteiger charge is 2.35. The SMILES string of the molecule is O=CNc1c(Br)cc(F)cc1C(F)(F)F. The number of carbonyl (C=O) groups excluding carboxylic acids is 1. The van der Waals surface area contributed by atoms with E-state index >= 15 is 0 Å². The minimum atomic E-state index is -4.73. The first-order valence-corrected chi connectivity index (χ1v) is 4.42. The molecule has 0 radical (unpaired) electrons. The molecule has 1 N–H and O–H groups in total. The Morgan fingerprint density at radius 2 is 1.93 bits per heavy atom. The van der Waals surface area contributed by atoms with Gasteiger partial charge in [-0.25, -0.2) is 4.39 Å². The zero-order valence-electron chi connectivity index (χ0n) is 7.03. The lowest BCUT2D eigenvalue weighted by Gasteiger charge is -2.13. The van der Waals surface area contributed by atoms with E-state index in [4.69, 9.17) is 0 Å². The second kappa shape index (κ2) is 4.18. The van der Waals surface area contributed by atoms with Crippen LogP contribution in [0.5, 0.6) is 0 Å². The molecule has 0 saturated heterocycles. The molecule has 0 heterocycles. The molecule has 82 valence electrons. The van der Waals surface area contributed by atoms with Gasteiger partial charge in [-0.2, -0.15) is 13.2 Å². The molecule has 0 unspecified atom stereocenters. The quantitative estimate of drug-likeness (QED) is 0.656. The van der Waals surface area contributed by atoms with E-state index in [1.54, 1.807) is 0 Å². The summed E-state index contributed by atoms with van der Waals surface area (Å²) >= 11 is 2.73. The molecule has 0 aromatic heterocycles. The van der Waals surface area contributed by atoms with Gasteiger partial charge in [-0.05, 0) is 28.1 Å². The number of amides is 1. The molecule has 0 bridgehead atoms. The van der Waals surface area contributed by atoms with Crippen LogP contribution < -0.4 is 5.32 Å². The van der Waals surface area contributed by atoms with Crippen molar-refractivity contribution in [2.24, 2.45) is 0 Å². The van der Waals surface area contributed by atoms with Crippen molar-refractivity contribution in [1.82, 2.24) is 0 Å². The number of nitrogens with one attached hydrogen (secondary N) is 1. The summed E-state index contributed by atoms with van der Waals surface area (Å²) in [5, 5.41) is 1.86. The van der Waals surface area contributed by atoms with Crippen LogP contribution in [0.25, 0.3) is 0 Å². The summed E-state index contributed by atoms with van der Waals surface area (Å²) in [5.41, 5.74) is -1.74. The molecule has 0 spiro atoms. The normalized spacial score (nSPS) is 11.3. The van der Waals surface area contributed by atoms with Crippen LogP contribution in [0.3, 0.4) is 0 Å². The standard InChI is InChI=1S/C8H4BrF4NO/c9-6-2-4(10)1-5(8(11,12)13)7(6)14-3-15/h1-3H,(H,14,15). The Kier molecular flexibility index (Phi) is 3.33. The maximum atomic E-state index is 12.7. The highest BCUT2D eigenvalue weighted by Crippen LogP contribution is 2.39. The third-order valence-electron chi connectivity index (χ3n) is 1.56. The van der Waals surface area contributed by atoms with Crippen molar-refractivity contribution in [3.63, 3.8) is 0 Å². The number of anilines is 1. The summed E-state index contributed by atoms with van der Waals surface area (Å²) in [4.78, 5) is 10.1. The van der Waals surface area contributed by atoms with Crippen molar-refractivity contribution >= 4 is 28.0 Å². The molecule has 0 saturated carbocycles. The maximum Gasteiger partial charge on any atom is 0.418 e. The number of halogens is 5. The lowest BCUT2D eigenvalue weighted by molar-refractivity contribution is -0.137. The first kappa shape index (κ1) is 12.0. The average molecular weight is 286 g/mol. The van der Waals surface area contributed by atoms with E-state index in [-0.39, 0.29) is 10.9 Å². The maximum absolute atomic E-state index is 12.7. The molecule has 0 fully saturated rings. The van der Waals surface area contributed by atoms with Gasteiger partial charge >= 0.3 is 6.18 Å². The smallest absolute Gasteiger partial charge is 0.327 e. The predicted octanol–water partition coefficient (Wildman–Crippen LogP) is 3.18. The number of carbonyl (C=O) groups is 1. The number of hydrogen-bond donors (Lipinski definition) is 1. The van der Waals surface area contributed by atoms with E-state index < -0.39 is 23.2 Å². The summed E-state index contributed by atoms with van der Waals surface area (Å²) in [6, 6.07) is 1.15. The number of benzene rings is 1. The van der Waals surface area contributed by atoms with Gasteiger partial charge in [0.05, 0.1) is 11.3 Å². The van der Waals surface area contributed by atoms with Crippen molar-refractivity contribution in [2.75, 3.05) is 5.32 Å². The van der Waals surface area contributed by atoms with Gasteiger partial charge < -0.3 is 5.32 Å². The molecular formula is C8H4BrF4NO. The Morgan fingerprint density at radius 1 is 1.33 bits per heavy atom. The van der Waals surface area contributed by atoms with Gasteiger partial charge in [-0.1, -0.05) is 0 Å². The van der Waals surface area contributed by atoms with Crippen molar-refractivity contribution in [2.45, 2.75) is 6.18 Å². The molecule has 7 heteroatoms. The first-order valence-electron chi connectivity index (χ1n) is 3.62. The Balaban J connectivity index is 3.39. The van der Waals surface area contributed by atoms with E-state index in [0.717, 1.165) is 6.07 Å². The topological polar surface area (TPSA) is 29.1 Å². The van der Waals surface area contributed by atoms with Crippen molar-refractivity contribution in [3.05, 3.63) is 28.0 Å². The molecular weight excluding hydrogens is 282 g/mol. The lowest BCUT2D eigenvalue weighted by Crippen LogP contribution is -2.11. The average Bonchev–Trinajstić information content (AvgIpc) is 2.07. The highest BCUT2D eigenvalue weighted by molar-refractivity contribution is 9.10. The lowest BCUT2D eigenvalue weighted by atomic mass is 10.1. The first-order chi connectivity index (χ1) is 6.86. The predicted molar refractivity (Wildman–Crippen MR) is 48.8 cm³/mol. The minimum absolute atomic E-state index is 0.0905. The number of rotatable bonds is 2. The second-order valence-electron chi connectivity index (χ2n) is 2.57. The fourth-order valence-corrected chi connectivity index (χ4v) is 1.55. The van der Waals surface area contributed by atoms with Gasteiger partial charge in [0.25, 0.3) is 0 Å². The zero-order valence-corrected chi connectivity index (χ0v) is 8.62. The molecule has 0 atom stereocenters. The van der Waals surface area contributed by atoms with Crippen LogP contribution in [-0.2, 0) is 11.0 Å². The molecule has 1 aromatic rings. The van der Waals surface area contributed by atoms with E-state index in [1.807, 2.05) is 5.32 Å². The van der Waals surface area contributed by atoms with Gasteiger partial charge in [0, 0.05) is 4.47 Å². The highest BCUT2D eigenvalue weighted by atomic mass is 79.9. The van der Waals surface area contributed by atoms with E-state index in [2.05, 4.69) is 15.9 Å². The van der Waals surface area contributed by atoms with Gasteiger partial charge in [0.1, 0.15) is 5.82 Å². The van der Waals surface area contributed by atoms with Gasteiger partial charge in [0.15, 0.2) is 0 Å². The summed E-state index contributed by atoms with van der Waals surface area (Å²) in [6.07, 6.45) is -4.64. The summed E-state index contributed by atoms with van der Waals surface area (Å²) < 4.78 is 49.7. The molecule has 0 aliphatic rings. The molecule has 0 aliphatic carbocycles. The van der Waals surface area contributed by atoms with E-state index in [0.29, 0.717) is 6.07 Å². The van der Waals surface area contributed by atoms with Crippen LogP contribution in [0, 0.1) is 5.82 Å². The fourth-order valence-electron chi connectivity index (χ4n) is 1.00. The van der Waals surface area contributed by atoms with Gasteiger partial charge in [-0.15, -0.1) is 0 Å². The largest absolute Gasteiger partial charge is 0.418 e. The van der Waals surface area contributed by atoms with Crippen LogP contribution in [0.15, 0.2) is 16.6 Å². The number of hydrogen-bond acceptors (Lipinski definition) is 1. The molecule has 2 nitrogen and oxygen atoms in total. The minimum Gasteiger partial charge on any atom is -0.327 e. The van der Waals surface area contributed by atoms with Gasteiger partial charge in [-0.3, -0.25) is 4.79 Å². The van der Waals surface area contributed by atoms with Gasteiger partial charge in [0.2, 0.25) is 6.41 Å². The Bertz CT molecular complexity index is 391. The van der Waals surface area contributed by atoms with Crippen LogP contribution in [-0.4, -0.2) is 6.41 Å². The Hall–Kier alpha value is -1.11. The molecule has 1 aromatic carbocycles. The van der Waals surface area contributed by atoms with E-state index in [1.165, 1.54) is 0 Å². The van der Waals surface area contributed by atoms with Crippen molar-refractivity contribution in [3.8, 4) is 0 Å². The van der Waals surface area contributed by atoms with Crippen LogP contribution >= 0.6 is 15.9 Å². The monoisotopic (exact) mass is 285 g/mol. The molecule has 1 amide bonds. The van der Waals surface area contributed by atoms with Crippen LogP contribution in [0.1, 0.15) is 5.56 Å². The summed E-state index contributed by atoms with van der Waals surface area (Å²) in [7, 11) is 0.